The van der Waals surface area contributed by atoms with Gasteiger partial charge in [-0.15, -0.1) is 5.10 Å². The van der Waals surface area contributed by atoms with Crippen LogP contribution in [0.1, 0.15) is 6.92 Å². The molecule has 32 heavy (non-hydrogen) atoms. The second kappa shape index (κ2) is 9.05. The molecule has 1 aliphatic heterocycles. The molecule has 3 aromatic carbocycles. The van der Waals surface area contributed by atoms with Crippen molar-refractivity contribution < 1.29 is 9.53 Å². The van der Waals surface area contributed by atoms with Gasteiger partial charge in [-0.05, 0) is 53.7 Å². The zero-order chi connectivity index (χ0) is 21.9. The summed E-state index contributed by atoms with van der Waals surface area (Å²) in [6.45, 7) is 2.46. The molecule has 5 rings (SSSR count). The minimum atomic E-state index is -0.0390. The molecular weight excluding hydrogens is 442 g/mol. The van der Waals surface area contributed by atoms with Gasteiger partial charge >= 0.3 is 0 Å². The molecule has 0 saturated carbocycles. The van der Waals surface area contributed by atoms with Gasteiger partial charge in [-0.1, -0.05) is 59.9 Å². The van der Waals surface area contributed by atoms with Crippen molar-refractivity contribution in [3.05, 3.63) is 72.8 Å². The van der Waals surface area contributed by atoms with Crippen molar-refractivity contribution in [1.82, 2.24) is 20.2 Å². The molecule has 160 valence electrons. The van der Waals surface area contributed by atoms with Crippen molar-refractivity contribution >= 4 is 40.8 Å². The number of hydrogen-bond donors (Lipinski definition) is 0. The first kappa shape index (κ1) is 20.6. The van der Waals surface area contributed by atoms with Gasteiger partial charge in [-0.2, -0.15) is 4.68 Å². The van der Waals surface area contributed by atoms with Crippen LogP contribution in [0.5, 0.6) is 5.75 Å². The monoisotopic (exact) mass is 461 g/mol. The van der Waals surface area contributed by atoms with Gasteiger partial charge < -0.3 is 4.74 Å². The van der Waals surface area contributed by atoms with E-state index in [1.54, 1.807) is 21.3 Å². The fraction of sp³-hybridized carbons (Fsp3) is 0.130. The van der Waals surface area contributed by atoms with Crippen molar-refractivity contribution in [2.45, 2.75) is 21.9 Å². The van der Waals surface area contributed by atoms with Crippen molar-refractivity contribution in [2.24, 2.45) is 0 Å². The van der Waals surface area contributed by atoms with Crippen molar-refractivity contribution in [1.29, 1.82) is 0 Å². The van der Waals surface area contributed by atoms with Crippen LogP contribution in [0.4, 0.5) is 11.4 Å². The lowest BCUT2D eigenvalue weighted by molar-refractivity contribution is -0.115. The van der Waals surface area contributed by atoms with Gasteiger partial charge in [-0.3, -0.25) is 9.69 Å². The van der Waals surface area contributed by atoms with Gasteiger partial charge in [0.15, 0.2) is 0 Å². The number of rotatable bonds is 6. The first-order valence-corrected chi connectivity index (χ1v) is 11.9. The molecule has 7 nitrogen and oxygen atoms in total. The number of aromatic nitrogens is 4. The Balaban J connectivity index is 1.42. The van der Waals surface area contributed by atoms with Crippen LogP contribution in [-0.2, 0) is 4.79 Å². The third-order valence-corrected chi connectivity index (χ3v) is 6.87. The number of benzene rings is 3. The van der Waals surface area contributed by atoms with Gasteiger partial charge in [0.05, 0.1) is 23.7 Å². The molecule has 0 radical (unpaired) electrons. The summed E-state index contributed by atoms with van der Waals surface area (Å²) in [6.07, 6.45) is 0. The van der Waals surface area contributed by atoms with Gasteiger partial charge in [0.25, 0.3) is 0 Å². The molecule has 2 heterocycles. The van der Waals surface area contributed by atoms with Gasteiger partial charge in [0, 0.05) is 9.79 Å². The lowest BCUT2D eigenvalue weighted by atomic mass is 10.2. The molecule has 1 aromatic heterocycles. The highest BCUT2D eigenvalue weighted by Crippen LogP contribution is 2.48. The number of anilines is 2. The summed E-state index contributed by atoms with van der Waals surface area (Å²) < 4.78 is 7.32. The highest BCUT2D eigenvalue weighted by molar-refractivity contribution is 8.00. The second-order valence-electron chi connectivity index (χ2n) is 6.83. The van der Waals surface area contributed by atoms with Gasteiger partial charge in [-0.25, -0.2) is 0 Å². The lowest BCUT2D eigenvalue weighted by Crippen LogP contribution is -2.30. The minimum absolute atomic E-state index is 0.0390. The van der Waals surface area contributed by atoms with Crippen LogP contribution >= 0.6 is 23.5 Å². The zero-order valence-corrected chi connectivity index (χ0v) is 18.8. The molecule has 1 aliphatic rings. The lowest BCUT2D eigenvalue weighted by Gasteiger charge is -2.30. The van der Waals surface area contributed by atoms with E-state index in [-0.39, 0.29) is 11.7 Å². The number of hydrogen-bond acceptors (Lipinski definition) is 7. The summed E-state index contributed by atoms with van der Waals surface area (Å²) in [5, 5.41) is 12.6. The number of fused-ring (bicyclic) bond motifs is 2. The van der Waals surface area contributed by atoms with Crippen LogP contribution in [0.2, 0.25) is 0 Å². The van der Waals surface area contributed by atoms with Crippen molar-refractivity contribution in [2.75, 3.05) is 17.3 Å². The average Bonchev–Trinajstić information content (AvgIpc) is 3.30. The number of para-hydroxylation sites is 4. The van der Waals surface area contributed by atoms with E-state index in [2.05, 4.69) is 15.5 Å². The predicted molar refractivity (Wildman–Crippen MR) is 125 cm³/mol. The fourth-order valence-corrected chi connectivity index (χ4v) is 5.28. The quantitative estimate of drug-likeness (QED) is 0.375. The first-order valence-electron chi connectivity index (χ1n) is 10.1. The number of ether oxygens (including phenoxy) is 1. The number of amides is 1. The highest BCUT2D eigenvalue weighted by Gasteiger charge is 2.28. The maximum atomic E-state index is 13.4. The van der Waals surface area contributed by atoms with E-state index in [4.69, 9.17) is 4.74 Å². The average molecular weight is 462 g/mol. The van der Waals surface area contributed by atoms with Crippen LogP contribution in [-0.4, -0.2) is 38.5 Å². The largest absolute Gasteiger partial charge is 0.492 e. The standard InChI is InChI=1S/C23H19N5O2S2/c1-2-30-19-12-6-3-9-16(19)28-23(24-25-26-28)31-15-22(29)27-17-10-4-7-13-20(17)32-21-14-8-5-11-18(21)27/h3-14H,2,15H2,1H3. The predicted octanol–water partition coefficient (Wildman–Crippen LogP) is 4.98. The summed E-state index contributed by atoms with van der Waals surface area (Å²) in [7, 11) is 0. The van der Waals surface area contributed by atoms with E-state index >= 15 is 0 Å². The Morgan fingerprint density at radius 1 is 0.938 bits per heavy atom. The number of thioether (sulfide) groups is 1. The van der Waals surface area contributed by atoms with E-state index in [0.717, 1.165) is 26.9 Å². The first-order chi connectivity index (χ1) is 15.8. The van der Waals surface area contributed by atoms with E-state index in [0.29, 0.717) is 17.5 Å². The third-order valence-electron chi connectivity index (χ3n) is 4.84. The molecule has 9 heteroatoms. The van der Waals surface area contributed by atoms with E-state index < -0.39 is 0 Å². The summed E-state index contributed by atoms with van der Waals surface area (Å²) in [5.74, 6) is 0.832. The molecular formula is C23H19N5O2S2. The van der Waals surface area contributed by atoms with Gasteiger partial charge in [0.2, 0.25) is 11.1 Å². The molecule has 0 fully saturated rings. The number of tetrazole rings is 1. The summed E-state index contributed by atoms with van der Waals surface area (Å²) >= 11 is 2.97. The molecule has 0 atom stereocenters. The molecule has 0 saturated heterocycles. The van der Waals surface area contributed by atoms with Crippen LogP contribution < -0.4 is 9.64 Å². The van der Waals surface area contributed by atoms with E-state index in [1.165, 1.54) is 11.8 Å². The fourth-order valence-electron chi connectivity index (χ4n) is 3.49. The maximum absolute atomic E-state index is 13.4. The minimum Gasteiger partial charge on any atom is -0.492 e. The summed E-state index contributed by atoms with van der Waals surface area (Å²) in [4.78, 5) is 17.3. The Bertz CT molecular complexity index is 1230. The van der Waals surface area contributed by atoms with Crippen molar-refractivity contribution in [3.63, 3.8) is 0 Å². The SMILES string of the molecule is CCOc1ccccc1-n1nnnc1SCC(=O)N1c2ccccc2Sc2ccccc21. The highest BCUT2D eigenvalue weighted by atomic mass is 32.2. The third kappa shape index (κ3) is 3.85. The van der Waals surface area contributed by atoms with E-state index in [9.17, 15) is 4.79 Å². The smallest absolute Gasteiger partial charge is 0.242 e. The zero-order valence-electron chi connectivity index (χ0n) is 17.2. The molecule has 0 aliphatic carbocycles. The number of carbonyl (C=O) groups is 1. The summed E-state index contributed by atoms with van der Waals surface area (Å²) in [6, 6.07) is 23.5. The Kier molecular flexibility index (Phi) is 5.83. The number of nitrogens with zero attached hydrogens (tertiary/aromatic N) is 5. The Morgan fingerprint density at radius 3 is 2.25 bits per heavy atom. The topological polar surface area (TPSA) is 73.1 Å². The Hall–Kier alpha value is -3.30. The molecule has 1 amide bonds. The van der Waals surface area contributed by atoms with Crippen LogP contribution in [0.15, 0.2) is 87.7 Å². The molecule has 0 spiro atoms. The molecule has 0 N–H and O–H groups in total. The number of carbonyl (C=O) groups excluding carboxylic acids is 1. The Labute approximate surface area is 193 Å². The summed E-state index contributed by atoms with van der Waals surface area (Å²) in [5.41, 5.74) is 2.52. The van der Waals surface area contributed by atoms with E-state index in [1.807, 2.05) is 79.7 Å². The van der Waals surface area contributed by atoms with Crippen LogP contribution in [0.3, 0.4) is 0 Å². The van der Waals surface area contributed by atoms with Gasteiger partial charge in [0.1, 0.15) is 11.4 Å². The molecule has 0 unspecified atom stereocenters. The van der Waals surface area contributed by atoms with Crippen molar-refractivity contribution in [3.8, 4) is 11.4 Å². The van der Waals surface area contributed by atoms with Crippen LogP contribution in [0, 0.1) is 0 Å². The Morgan fingerprint density at radius 2 is 1.56 bits per heavy atom. The maximum Gasteiger partial charge on any atom is 0.242 e. The molecule has 0 bridgehead atoms. The van der Waals surface area contributed by atoms with Crippen LogP contribution in [0.25, 0.3) is 5.69 Å². The second-order valence-corrected chi connectivity index (χ2v) is 8.86. The normalized spacial score (nSPS) is 12.2. The molecule has 4 aromatic rings.